The molecule has 1 unspecified atom stereocenters. The maximum absolute atomic E-state index is 11.4. The Bertz CT molecular complexity index is 341. The van der Waals surface area contributed by atoms with Crippen LogP contribution in [0, 0.1) is 0 Å². The molecule has 1 aliphatic heterocycles. The number of likely N-dealkylation sites (tertiary alicyclic amines) is 1. The summed E-state index contributed by atoms with van der Waals surface area (Å²) in [6.45, 7) is 5.43. The van der Waals surface area contributed by atoms with Crippen molar-refractivity contribution in [3.8, 4) is 0 Å². The molecule has 2 heterocycles. The van der Waals surface area contributed by atoms with Crippen LogP contribution in [0.1, 0.15) is 25.8 Å². The molecule has 0 aliphatic carbocycles. The lowest BCUT2D eigenvalue weighted by Gasteiger charge is -2.31. The summed E-state index contributed by atoms with van der Waals surface area (Å²) in [5.41, 5.74) is 0.0213. The average molecular weight is 195 g/mol. The summed E-state index contributed by atoms with van der Waals surface area (Å²) in [5, 5.41) is 0. The van der Waals surface area contributed by atoms with E-state index in [-0.39, 0.29) is 5.69 Å². The number of hydrogen-bond acceptors (Lipinski definition) is 2. The number of rotatable bonds is 2. The van der Waals surface area contributed by atoms with Crippen molar-refractivity contribution < 1.29 is 0 Å². The minimum Gasteiger partial charge on any atom is -0.313 e. The standard InChI is InChI=1S/C10H17N3O/c1-2-12-6-3-4-9(8-12)13-7-5-11-10(13)14/h5,7,9H,2-4,6,8H2,1H3,(H,11,14). The minimum absolute atomic E-state index is 0.0213. The van der Waals surface area contributed by atoms with Gasteiger partial charge in [-0.25, -0.2) is 4.79 Å². The highest BCUT2D eigenvalue weighted by Gasteiger charge is 2.20. The Hall–Kier alpha value is -1.03. The van der Waals surface area contributed by atoms with Gasteiger partial charge < -0.3 is 9.88 Å². The molecule has 78 valence electrons. The summed E-state index contributed by atoms with van der Waals surface area (Å²) in [5.74, 6) is 0. The van der Waals surface area contributed by atoms with Crippen molar-refractivity contribution in [2.24, 2.45) is 0 Å². The van der Waals surface area contributed by atoms with Gasteiger partial charge in [0.2, 0.25) is 0 Å². The third-order valence-electron chi connectivity index (χ3n) is 3.00. The normalized spacial score (nSPS) is 23.9. The van der Waals surface area contributed by atoms with Gasteiger partial charge in [0.15, 0.2) is 0 Å². The quantitative estimate of drug-likeness (QED) is 0.759. The van der Waals surface area contributed by atoms with E-state index in [0.29, 0.717) is 6.04 Å². The van der Waals surface area contributed by atoms with E-state index in [0.717, 1.165) is 19.5 Å². The molecule has 1 N–H and O–H groups in total. The van der Waals surface area contributed by atoms with E-state index in [1.807, 2.05) is 10.8 Å². The molecule has 0 bridgehead atoms. The fourth-order valence-corrected chi connectivity index (χ4v) is 2.16. The van der Waals surface area contributed by atoms with Crippen molar-refractivity contribution in [2.45, 2.75) is 25.8 Å². The highest BCUT2D eigenvalue weighted by Crippen LogP contribution is 2.19. The van der Waals surface area contributed by atoms with Gasteiger partial charge >= 0.3 is 5.69 Å². The number of imidazole rings is 1. The Morgan fingerprint density at radius 3 is 3.14 bits per heavy atom. The number of nitrogens with zero attached hydrogens (tertiary/aromatic N) is 2. The highest BCUT2D eigenvalue weighted by molar-refractivity contribution is 4.85. The SMILES string of the molecule is CCN1CCCC(n2cc[nH]c2=O)C1. The van der Waals surface area contributed by atoms with Crippen LogP contribution in [0.2, 0.25) is 0 Å². The van der Waals surface area contributed by atoms with Crippen molar-refractivity contribution in [3.05, 3.63) is 22.9 Å². The van der Waals surface area contributed by atoms with Gasteiger partial charge in [-0.3, -0.25) is 4.57 Å². The van der Waals surface area contributed by atoms with E-state index in [1.165, 1.54) is 13.0 Å². The number of likely N-dealkylation sites (N-methyl/N-ethyl adjacent to an activating group) is 1. The van der Waals surface area contributed by atoms with Crippen molar-refractivity contribution in [3.63, 3.8) is 0 Å². The van der Waals surface area contributed by atoms with Crippen LogP contribution in [0.15, 0.2) is 17.2 Å². The fraction of sp³-hybridized carbons (Fsp3) is 0.700. The van der Waals surface area contributed by atoms with Crippen LogP contribution >= 0.6 is 0 Å². The zero-order valence-electron chi connectivity index (χ0n) is 8.57. The molecule has 1 fully saturated rings. The van der Waals surface area contributed by atoms with Crippen LogP contribution in [0.25, 0.3) is 0 Å². The molecule has 1 aliphatic rings. The van der Waals surface area contributed by atoms with Gasteiger partial charge in [0.1, 0.15) is 0 Å². The molecule has 0 aromatic carbocycles. The molecule has 0 saturated carbocycles. The summed E-state index contributed by atoms with van der Waals surface area (Å²) in [4.78, 5) is 16.5. The Morgan fingerprint density at radius 1 is 1.64 bits per heavy atom. The maximum Gasteiger partial charge on any atom is 0.325 e. The largest absolute Gasteiger partial charge is 0.325 e. The summed E-state index contributed by atoms with van der Waals surface area (Å²) in [6.07, 6.45) is 5.88. The van der Waals surface area contributed by atoms with Crippen molar-refractivity contribution in [1.29, 1.82) is 0 Å². The number of nitrogens with one attached hydrogen (secondary N) is 1. The van der Waals surface area contributed by atoms with E-state index >= 15 is 0 Å². The molecule has 1 aromatic heterocycles. The molecule has 1 aromatic rings. The van der Waals surface area contributed by atoms with E-state index in [1.54, 1.807) is 6.20 Å². The zero-order valence-corrected chi connectivity index (χ0v) is 8.57. The lowest BCUT2D eigenvalue weighted by Crippen LogP contribution is -2.38. The minimum atomic E-state index is 0.0213. The number of piperidine rings is 1. The van der Waals surface area contributed by atoms with Gasteiger partial charge in [-0.1, -0.05) is 6.92 Å². The molecule has 0 radical (unpaired) electrons. The first-order valence-corrected chi connectivity index (χ1v) is 5.29. The van der Waals surface area contributed by atoms with Crippen LogP contribution < -0.4 is 5.69 Å². The summed E-state index contributed by atoms with van der Waals surface area (Å²) >= 11 is 0. The van der Waals surface area contributed by atoms with Gasteiger partial charge in [0, 0.05) is 18.9 Å². The third kappa shape index (κ3) is 1.75. The first kappa shape index (κ1) is 9.52. The second-order valence-electron chi connectivity index (χ2n) is 3.86. The summed E-state index contributed by atoms with van der Waals surface area (Å²) in [7, 11) is 0. The van der Waals surface area contributed by atoms with Crippen LogP contribution in [-0.2, 0) is 0 Å². The maximum atomic E-state index is 11.4. The number of hydrogen-bond donors (Lipinski definition) is 1. The predicted molar refractivity (Wildman–Crippen MR) is 55.4 cm³/mol. The van der Waals surface area contributed by atoms with Gasteiger partial charge in [0.25, 0.3) is 0 Å². The molecule has 14 heavy (non-hydrogen) atoms. The van der Waals surface area contributed by atoms with Crippen molar-refractivity contribution in [1.82, 2.24) is 14.5 Å². The Kier molecular flexibility index (Phi) is 2.72. The summed E-state index contributed by atoms with van der Waals surface area (Å²) in [6, 6.07) is 0.363. The molecular formula is C10H17N3O. The van der Waals surface area contributed by atoms with Gasteiger partial charge in [-0.15, -0.1) is 0 Å². The first-order valence-electron chi connectivity index (χ1n) is 5.29. The smallest absolute Gasteiger partial charge is 0.313 e. The van der Waals surface area contributed by atoms with Crippen LogP contribution in [-0.4, -0.2) is 34.1 Å². The molecule has 0 amide bonds. The lowest BCUT2D eigenvalue weighted by molar-refractivity contribution is 0.183. The average Bonchev–Trinajstić information content (AvgIpc) is 2.65. The lowest BCUT2D eigenvalue weighted by atomic mass is 10.1. The molecule has 1 atom stereocenters. The Balaban J connectivity index is 2.12. The molecule has 4 heteroatoms. The molecular weight excluding hydrogens is 178 g/mol. The third-order valence-corrected chi connectivity index (χ3v) is 3.00. The van der Waals surface area contributed by atoms with Gasteiger partial charge in [0.05, 0.1) is 6.04 Å². The fourth-order valence-electron chi connectivity index (χ4n) is 2.16. The second-order valence-corrected chi connectivity index (χ2v) is 3.86. The van der Waals surface area contributed by atoms with Crippen LogP contribution in [0.4, 0.5) is 0 Å². The molecule has 4 nitrogen and oxygen atoms in total. The van der Waals surface area contributed by atoms with E-state index in [9.17, 15) is 4.79 Å². The topological polar surface area (TPSA) is 41.0 Å². The summed E-state index contributed by atoms with van der Waals surface area (Å²) < 4.78 is 1.82. The number of H-pyrrole nitrogens is 1. The van der Waals surface area contributed by atoms with E-state index in [2.05, 4.69) is 16.8 Å². The van der Waals surface area contributed by atoms with Crippen molar-refractivity contribution >= 4 is 0 Å². The molecule has 1 saturated heterocycles. The van der Waals surface area contributed by atoms with Gasteiger partial charge in [-0.2, -0.15) is 0 Å². The first-order chi connectivity index (χ1) is 6.81. The van der Waals surface area contributed by atoms with Crippen molar-refractivity contribution in [2.75, 3.05) is 19.6 Å². The number of aromatic amines is 1. The van der Waals surface area contributed by atoms with Gasteiger partial charge in [-0.05, 0) is 25.9 Å². The Labute approximate surface area is 83.5 Å². The monoisotopic (exact) mass is 195 g/mol. The Morgan fingerprint density at radius 2 is 2.50 bits per heavy atom. The zero-order chi connectivity index (χ0) is 9.97. The van der Waals surface area contributed by atoms with Crippen LogP contribution in [0.3, 0.4) is 0 Å². The predicted octanol–water partition coefficient (Wildman–Crippen LogP) is 0.833. The molecule has 0 spiro atoms. The highest BCUT2D eigenvalue weighted by atomic mass is 16.1. The van der Waals surface area contributed by atoms with E-state index in [4.69, 9.17) is 0 Å². The molecule has 2 rings (SSSR count). The van der Waals surface area contributed by atoms with Crippen LogP contribution in [0.5, 0.6) is 0 Å². The second kappa shape index (κ2) is 4.00. The number of aromatic nitrogens is 2. The van der Waals surface area contributed by atoms with E-state index < -0.39 is 0 Å².